The second kappa shape index (κ2) is 5.71. The molecule has 0 radical (unpaired) electrons. The lowest BCUT2D eigenvalue weighted by molar-refractivity contribution is 0.0527. The van der Waals surface area contributed by atoms with Gasteiger partial charge in [-0.2, -0.15) is 11.3 Å². The van der Waals surface area contributed by atoms with E-state index < -0.39 is 11.9 Å². The molecule has 0 saturated carbocycles. The number of nitrogens with one attached hydrogen (secondary N) is 1. The molecule has 19 heavy (non-hydrogen) atoms. The van der Waals surface area contributed by atoms with Crippen LogP contribution in [-0.4, -0.2) is 30.6 Å². The van der Waals surface area contributed by atoms with Gasteiger partial charge in [0.25, 0.3) is 0 Å². The maximum Gasteiger partial charge on any atom is 0.354 e. The van der Waals surface area contributed by atoms with Crippen LogP contribution in [0.2, 0.25) is 0 Å². The standard InChI is InChI=1S/C13H13NO4S/c1-3-18-12(15)9-6-10(13(16)17-2)14-11(9)8-4-5-19-7-8/h4-7,14H,3H2,1-2H3. The number of aromatic nitrogens is 1. The Kier molecular flexibility index (Phi) is 4.01. The number of esters is 2. The molecule has 0 saturated heterocycles. The molecule has 100 valence electrons. The lowest BCUT2D eigenvalue weighted by atomic mass is 10.1. The van der Waals surface area contributed by atoms with Crippen LogP contribution in [0.15, 0.2) is 22.9 Å². The molecular weight excluding hydrogens is 266 g/mol. The van der Waals surface area contributed by atoms with Gasteiger partial charge in [-0.3, -0.25) is 0 Å². The average Bonchev–Trinajstić information content (AvgIpc) is 3.06. The highest BCUT2D eigenvalue weighted by atomic mass is 32.1. The van der Waals surface area contributed by atoms with Crippen LogP contribution in [0.1, 0.15) is 27.8 Å². The Morgan fingerprint density at radius 1 is 1.37 bits per heavy atom. The minimum atomic E-state index is -0.521. The number of carbonyl (C=O) groups excluding carboxylic acids is 2. The van der Waals surface area contributed by atoms with E-state index in [1.54, 1.807) is 6.92 Å². The van der Waals surface area contributed by atoms with Crippen LogP contribution in [0.3, 0.4) is 0 Å². The molecule has 5 nitrogen and oxygen atoms in total. The summed E-state index contributed by atoms with van der Waals surface area (Å²) >= 11 is 1.50. The third kappa shape index (κ3) is 2.68. The van der Waals surface area contributed by atoms with Crippen molar-refractivity contribution in [3.8, 4) is 11.3 Å². The third-order valence-electron chi connectivity index (χ3n) is 2.53. The first-order valence-corrected chi connectivity index (χ1v) is 6.62. The number of hydrogen-bond acceptors (Lipinski definition) is 5. The van der Waals surface area contributed by atoms with Gasteiger partial charge in [0.05, 0.1) is 25.0 Å². The molecule has 0 atom stereocenters. The van der Waals surface area contributed by atoms with Crippen LogP contribution in [0.4, 0.5) is 0 Å². The van der Waals surface area contributed by atoms with Crippen molar-refractivity contribution in [1.29, 1.82) is 0 Å². The van der Waals surface area contributed by atoms with Crippen molar-refractivity contribution in [1.82, 2.24) is 4.98 Å². The van der Waals surface area contributed by atoms with Crippen molar-refractivity contribution in [3.05, 3.63) is 34.2 Å². The number of hydrogen-bond donors (Lipinski definition) is 1. The molecule has 0 aliphatic carbocycles. The second-order valence-electron chi connectivity index (χ2n) is 3.70. The van der Waals surface area contributed by atoms with Gasteiger partial charge < -0.3 is 14.5 Å². The molecule has 2 heterocycles. The lowest BCUT2D eigenvalue weighted by Crippen LogP contribution is -2.04. The molecule has 0 unspecified atom stereocenters. The maximum absolute atomic E-state index is 11.9. The van der Waals surface area contributed by atoms with E-state index in [-0.39, 0.29) is 12.3 Å². The Morgan fingerprint density at radius 3 is 2.74 bits per heavy atom. The van der Waals surface area contributed by atoms with Crippen molar-refractivity contribution in [2.75, 3.05) is 13.7 Å². The van der Waals surface area contributed by atoms with E-state index in [4.69, 9.17) is 4.74 Å². The van der Waals surface area contributed by atoms with Gasteiger partial charge in [-0.05, 0) is 24.4 Å². The summed E-state index contributed by atoms with van der Waals surface area (Å²) < 4.78 is 9.63. The van der Waals surface area contributed by atoms with Gasteiger partial charge in [0.2, 0.25) is 0 Å². The van der Waals surface area contributed by atoms with E-state index in [9.17, 15) is 9.59 Å². The number of methoxy groups -OCH3 is 1. The first-order valence-electron chi connectivity index (χ1n) is 5.68. The quantitative estimate of drug-likeness (QED) is 0.874. The molecule has 2 aromatic rings. The van der Waals surface area contributed by atoms with Crippen molar-refractivity contribution >= 4 is 23.3 Å². The fourth-order valence-corrected chi connectivity index (χ4v) is 2.33. The van der Waals surface area contributed by atoms with Crippen LogP contribution in [0.5, 0.6) is 0 Å². The van der Waals surface area contributed by atoms with Gasteiger partial charge in [0.15, 0.2) is 0 Å². The SMILES string of the molecule is CCOC(=O)c1cc(C(=O)OC)[nH]c1-c1ccsc1. The largest absolute Gasteiger partial charge is 0.464 e. The first kappa shape index (κ1) is 13.4. The van der Waals surface area contributed by atoms with Gasteiger partial charge in [-0.15, -0.1) is 0 Å². The second-order valence-corrected chi connectivity index (χ2v) is 4.48. The van der Waals surface area contributed by atoms with Crippen molar-refractivity contribution < 1.29 is 19.1 Å². The Balaban J connectivity index is 2.47. The number of aromatic amines is 1. The molecule has 0 aromatic carbocycles. The van der Waals surface area contributed by atoms with Gasteiger partial charge in [0.1, 0.15) is 5.69 Å². The Hall–Kier alpha value is -2.08. The molecule has 0 spiro atoms. The smallest absolute Gasteiger partial charge is 0.354 e. The van der Waals surface area contributed by atoms with Crippen molar-refractivity contribution in [3.63, 3.8) is 0 Å². The van der Waals surface area contributed by atoms with Crippen LogP contribution >= 0.6 is 11.3 Å². The summed E-state index contributed by atoms with van der Waals surface area (Å²) in [6.07, 6.45) is 0. The summed E-state index contributed by atoms with van der Waals surface area (Å²) in [7, 11) is 1.29. The highest BCUT2D eigenvalue weighted by Crippen LogP contribution is 2.27. The Labute approximate surface area is 114 Å². The van der Waals surface area contributed by atoms with Gasteiger partial charge in [0, 0.05) is 10.9 Å². The van der Waals surface area contributed by atoms with Crippen molar-refractivity contribution in [2.45, 2.75) is 6.92 Å². The van der Waals surface area contributed by atoms with E-state index in [0.29, 0.717) is 11.3 Å². The van der Waals surface area contributed by atoms with Crippen LogP contribution in [0.25, 0.3) is 11.3 Å². The summed E-state index contributed by atoms with van der Waals surface area (Å²) in [5, 5.41) is 3.78. The van der Waals surface area contributed by atoms with Crippen molar-refractivity contribution in [2.24, 2.45) is 0 Å². The van der Waals surface area contributed by atoms with E-state index in [2.05, 4.69) is 9.72 Å². The Bertz CT molecular complexity index is 586. The van der Waals surface area contributed by atoms with Crippen LogP contribution < -0.4 is 0 Å². The third-order valence-corrected chi connectivity index (χ3v) is 3.21. The van der Waals surface area contributed by atoms with E-state index in [1.165, 1.54) is 24.5 Å². The molecule has 0 aliphatic rings. The monoisotopic (exact) mass is 279 g/mol. The minimum absolute atomic E-state index is 0.228. The molecule has 6 heteroatoms. The molecule has 0 bridgehead atoms. The zero-order chi connectivity index (χ0) is 13.8. The highest BCUT2D eigenvalue weighted by Gasteiger charge is 2.21. The first-order chi connectivity index (χ1) is 9.17. The number of H-pyrrole nitrogens is 1. The molecule has 0 aliphatic heterocycles. The number of ether oxygens (including phenoxy) is 2. The highest BCUT2D eigenvalue weighted by molar-refractivity contribution is 7.08. The summed E-state index contributed by atoms with van der Waals surface area (Å²) in [6, 6.07) is 3.32. The zero-order valence-electron chi connectivity index (χ0n) is 10.6. The topological polar surface area (TPSA) is 68.4 Å². The normalized spacial score (nSPS) is 10.2. The lowest BCUT2D eigenvalue weighted by Gasteiger charge is -2.01. The number of thiophene rings is 1. The average molecular weight is 279 g/mol. The Morgan fingerprint density at radius 2 is 2.16 bits per heavy atom. The molecule has 1 N–H and O–H groups in total. The van der Waals surface area contributed by atoms with Crippen LogP contribution in [-0.2, 0) is 9.47 Å². The van der Waals surface area contributed by atoms with Gasteiger partial charge in [-0.25, -0.2) is 9.59 Å². The summed E-state index contributed by atoms with van der Waals surface area (Å²) in [5.41, 5.74) is 1.97. The predicted octanol–water partition coefficient (Wildman–Crippen LogP) is 2.71. The number of rotatable bonds is 4. The molecule has 0 amide bonds. The van der Waals surface area contributed by atoms with E-state index >= 15 is 0 Å². The minimum Gasteiger partial charge on any atom is -0.464 e. The summed E-state index contributed by atoms with van der Waals surface area (Å²) in [5.74, 6) is -0.984. The number of carbonyl (C=O) groups is 2. The van der Waals surface area contributed by atoms with E-state index in [1.807, 2.05) is 16.8 Å². The molecule has 0 fully saturated rings. The predicted molar refractivity (Wildman–Crippen MR) is 71.4 cm³/mol. The van der Waals surface area contributed by atoms with Gasteiger partial charge in [-0.1, -0.05) is 0 Å². The van der Waals surface area contributed by atoms with E-state index in [0.717, 1.165) is 5.56 Å². The fourth-order valence-electron chi connectivity index (χ4n) is 1.68. The fraction of sp³-hybridized carbons (Fsp3) is 0.231. The molecule has 2 rings (SSSR count). The molecule has 2 aromatic heterocycles. The summed E-state index contributed by atoms with van der Waals surface area (Å²) in [6.45, 7) is 2.01. The zero-order valence-corrected chi connectivity index (χ0v) is 11.4. The maximum atomic E-state index is 11.9. The summed E-state index contributed by atoms with van der Waals surface area (Å²) in [4.78, 5) is 26.3. The van der Waals surface area contributed by atoms with Crippen LogP contribution in [0, 0.1) is 0 Å². The van der Waals surface area contributed by atoms with Gasteiger partial charge >= 0.3 is 11.9 Å². The molecular formula is C13H13NO4S.